The second-order valence-corrected chi connectivity index (χ2v) is 24.5. The number of rotatable bonds is 62. The van der Waals surface area contributed by atoms with Crippen molar-refractivity contribution < 1.29 is 58.2 Å². The van der Waals surface area contributed by atoms with Gasteiger partial charge in [-0.3, -0.25) is 14.4 Å². The van der Waals surface area contributed by atoms with Gasteiger partial charge in [0.2, 0.25) is 0 Å². The van der Waals surface area contributed by atoms with Gasteiger partial charge in [-0.25, -0.2) is 4.79 Å². The lowest BCUT2D eigenvalue weighted by molar-refractivity contribution is -0.301. The third kappa shape index (κ3) is 51.6. The summed E-state index contributed by atoms with van der Waals surface area (Å²) in [5.74, 6) is -3.12. The molecule has 6 unspecified atom stereocenters. The first kappa shape index (κ1) is 81.2. The van der Waals surface area contributed by atoms with E-state index in [0.29, 0.717) is 19.3 Å². The molecule has 1 rings (SSSR count). The molecule has 1 saturated heterocycles. The number of aliphatic carboxylic acids is 1. The van der Waals surface area contributed by atoms with Crippen LogP contribution in [-0.2, 0) is 42.9 Å². The summed E-state index contributed by atoms with van der Waals surface area (Å²) >= 11 is 0. The van der Waals surface area contributed by atoms with Crippen LogP contribution in [0.15, 0.2) is 72.9 Å². The van der Waals surface area contributed by atoms with Gasteiger partial charge in [0.25, 0.3) is 0 Å². The highest BCUT2D eigenvalue weighted by Crippen LogP contribution is 2.27. The van der Waals surface area contributed by atoms with Gasteiger partial charge in [-0.05, 0) is 109 Å². The molecule has 3 N–H and O–H groups in total. The highest BCUT2D eigenvalue weighted by atomic mass is 16.7. The molecule has 0 spiro atoms. The van der Waals surface area contributed by atoms with E-state index in [1.165, 1.54) is 148 Å². The normalized spacial score (nSPS) is 17.7. The summed E-state index contributed by atoms with van der Waals surface area (Å²) in [6, 6.07) is 0. The van der Waals surface area contributed by atoms with Gasteiger partial charge in [-0.1, -0.05) is 273 Å². The Balaban J connectivity index is 2.63. The summed E-state index contributed by atoms with van der Waals surface area (Å²) in [7, 11) is 0. The van der Waals surface area contributed by atoms with E-state index >= 15 is 0 Å². The lowest BCUT2D eigenvalue weighted by Gasteiger charge is -2.40. The van der Waals surface area contributed by atoms with Gasteiger partial charge in [-0.15, -0.1) is 0 Å². The van der Waals surface area contributed by atoms with Crippen LogP contribution in [0.2, 0.25) is 0 Å². The fourth-order valence-corrected chi connectivity index (χ4v) is 10.8. The van der Waals surface area contributed by atoms with E-state index in [4.69, 9.17) is 23.7 Å². The first-order chi connectivity index (χ1) is 42.6. The number of carbonyl (C=O) groups is 4. The van der Waals surface area contributed by atoms with Gasteiger partial charge in [0.15, 0.2) is 24.6 Å². The Morgan fingerprint density at radius 3 is 1.11 bits per heavy atom. The second-order valence-electron chi connectivity index (χ2n) is 24.5. The highest BCUT2D eigenvalue weighted by molar-refractivity contribution is 5.74. The fraction of sp³-hybridized carbons (Fsp3) is 0.787. The molecule has 0 bridgehead atoms. The van der Waals surface area contributed by atoms with E-state index in [2.05, 4.69) is 93.7 Å². The summed E-state index contributed by atoms with van der Waals surface area (Å²) in [5, 5.41) is 31.7. The number of unbranched alkanes of at least 4 members (excludes halogenated alkanes) is 36. The first-order valence-corrected chi connectivity index (χ1v) is 35.9. The van der Waals surface area contributed by atoms with Crippen molar-refractivity contribution in [3.05, 3.63) is 72.9 Å². The lowest BCUT2D eigenvalue weighted by Crippen LogP contribution is -2.61. The van der Waals surface area contributed by atoms with Crippen LogP contribution in [0.25, 0.3) is 0 Å². The molecule has 0 aliphatic carbocycles. The zero-order valence-corrected chi connectivity index (χ0v) is 55.8. The van der Waals surface area contributed by atoms with E-state index in [-0.39, 0.29) is 25.9 Å². The Kier molecular flexibility index (Phi) is 58.2. The molecule has 1 fully saturated rings. The van der Waals surface area contributed by atoms with Crippen molar-refractivity contribution in [1.29, 1.82) is 0 Å². The molecule has 502 valence electrons. The van der Waals surface area contributed by atoms with E-state index in [9.17, 15) is 34.5 Å². The summed E-state index contributed by atoms with van der Waals surface area (Å²) in [5.41, 5.74) is 0. The molecule has 0 amide bonds. The Bertz CT molecular complexity index is 1790. The Labute approximate surface area is 531 Å². The van der Waals surface area contributed by atoms with Crippen LogP contribution in [-0.4, -0.2) is 89.2 Å². The van der Waals surface area contributed by atoms with E-state index in [1.807, 2.05) is 0 Å². The number of carbonyl (C=O) groups excluding carboxylic acids is 3. The summed E-state index contributed by atoms with van der Waals surface area (Å²) in [6.07, 6.45) is 68.5. The predicted molar refractivity (Wildman–Crippen MR) is 358 cm³/mol. The van der Waals surface area contributed by atoms with Crippen LogP contribution in [0.5, 0.6) is 0 Å². The maximum atomic E-state index is 13.3. The monoisotopic (exact) mass is 1220 g/mol. The van der Waals surface area contributed by atoms with Gasteiger partial charge in [-0.2, -0.15) is 0 Å². The largest absolute Gasteiger partial charge is 0.479 e. The lowest BCUT2D eigenvalue weighted by atomic mass is 9.98. The second kappa shape index (κ2) is 62.4. The smallest absolute Gasteiger partial charge is 0.335 e. The Morgan fingerprint density at radius 1 is 0.391 bits per heavy atom. The molecule has 0 aromatic carbocycles. The fourth-order valence-electron chi connectivity index (χ4n) is 10.8. The number of hydrogen-bond acceptors (Lipinski definition) is 11. The van der Waals surface area contributed by atoms with Crippen LogP contribution >= 0.6 is 0 Å². The highest BCUT2D eigenvalue weighted by Gasteiger charge is 2.50. The van der Waals surface area contributed by atoms with Gasteiger partial charge in [0.05, 0.1) is 6.61 Å². The summed E-state index contributed by atoms with van der Waals surface area (Å²) in [6.45, 7) is 5.92. The standard InChI is InChI=1S/C75H130O12/c1-4-7-10-13-16-19-22-25-28-31-34-37-40-43-46-49-52-55-58-61-67(76)83-64-66(85-68(77)62-59-56-53-50-47-44-41-38-35-32-29-26-23-20-17-14-11-8-5-2)65-84-75-73(71(80)70(79)72(87-75)74(81)82)86-69(78)63-60-57-54-51-48-45-42-39-36-33-30-27-24-21-18-15-12-9-6-3/h7,10,16,19,25-30,34,37,66,70-73,75,79-80H,4-6,8-9,11-15,17-18,20-24,31-33,35-36,38-65H2,1-3H3,(H,81,82)/b10-7-,19-16-,28-25-,29-26-,30-27-,37-34-. The number of ether oxygens (including phenoxy) is 5. The van der Waals surface area contributed by atoms with Crippen molar-refractivity contribution in [3.63, 3.8) is 0 Å². The number of esters is 3. The van der Waals surface area contributed by atoms with E-state index in [1.54, 1.807) is 0 Å². The van der Waals surface area contributed by atoms with Crippen molar-refractivity contribution in [2.24, 2.45) is 0 Å². The average molecular weight is 1220 g/mol. The molecule has 12 nitrogen and oxygen atoms in total. The topological polar surface area (TPSA) is 175 Å². The quantitative estimate of drug-likeness (QED) is 0.0228. The number of allylic oxidation sites excluding steroid dienone is 12. The van der Waals surface area contributed by atoms with Crippen molar-refractivity contribution in [2.45, 2.75) is 366 Å². The van der Waals surface area contributed by atoms with Crippen LogP contribution in [0.3, 0.4) is 0 Å². The maximum absolute atomic E-state index is 13.3. The SMILES string of the molecule is CC/C=C\C/C=C\C/C=C\C/C=C\CCCCCCCCC(=O)OCC(COC1OC(C(=O)O)C(O)C(O)C1OC(=O)CCCCCCCCCCC/C=C\CCCCCCCC)OC(=O)CCCCCCCCCCC/C=C\CCCCCCCC. The van der Waals surface area contributed by atoms with Crippen LogP contribution < -0.4 is 0 Å². The molecule has 1 heterocycles. The maximum Gasteiger partial charge on any atom is 0.335 e. The third-order valence-electron chi connectivity index (χ3n) is 16.2. The van der Waals surface area contributed by atoms with Gasteiger partial charge < -0.3 is 39.0 Å². The predicted octanol–water partition coefficient (Wildman–Crippen LogP) is 20.0. The van der Waals surface area contributed by atoms with Crippen molar-refractivity contribution in [2.75, 3.05) is 13.2 Å². The molecule has 1 aliphatic rings. The molecule has 12 heteroatoms. The molecule has 6 atom stereocenters. The summed E-state index contributed by atoms with van der Waals surface area (Å²) in [4.78, 5) is 51.5. The number of aliphatic hydroxyl groups is 2. The molecule has 0 saturated carbocycles. The molecule has 1 aliphatic heterocycles. The van der Waals surface area contributed by atoms with Gasteiger partial charge in [0.1, 0.15) is 18.8 Å². The van der Waals surface area contributed by atoms with Crippen molar-refractivity contribution in [1.82, 2.24) is 0 Å². The van der Waals surface area contributed by atoms with Gasteiger partial charge in [0, 0.05) is 19.3 Å². The average Bonchev–Trinajstić information content (AvgIpc) is 2.56. The Morgan fingerprint density at radius 2 is 0.724 bits per heavy atom. The van der Waals surface area contributed by atoms with E-state index < -0.39 is 67.3 Å². The molecular formula is C75H130O12. The minimum atomic E-state index is -1.91. The van der Waals surface area contributed by atoms with Gasteiger partial charge >= 0.3 is 23.9 Å². The molecule has 0 radical (unpaired) electrons. The first-order valence-electron chi connectivity index (χ1n) is 35.9. The van der Waals surface area contributed by atoms with Crippen LogP contribution in [0, 0.1) is 0 Å². The molecule has 0 aromatic heterocycles. The van der Waals surface area contributed by atoms with Crippen molar-refractivity contribution in [3.8, 4) is 0 Å². The zero-order valence-electron chi connectivity index (χ0n) is 55.8. The zero-order chi connectivity index (χ0) is 63.1. The van der Waals surface area contributed by atoms with Crippen molar-refractivity contribution >= 4 is 23.9 Å². The van der Waals surface area contributed by atoms with Crippen LogP contribution in [0.1, 0.15) is 329 Å². The molecule has 0 aromatic rings. The van der Waals surface area contributed by atoms with Crippen LogP contribution in [0.4, 0.5) is 0 Å². The minimum absolute atomic E-state index is 0.0567. The minimum Gasteiger partial charge on any atom is -0.479 e. The van der Waals surface area contributed by atoms with E-state index in [0.717, 1.165) is 122 Å². The summed E-state index contributed by atoms with van der Waals surface area (Å²) < 4.78 is 28.6. The molecular weight excluding hydrogens is 1090 g/mol. The third-order valence-corrected chi connectivity index (χ3v) is 16.2. The molecule has 87 heavy (non-hydrogen) atoms. The number of carboxylic acid groups (broad SMARTS) is 1. The Hall–Kier alpha value is -3.84. The number of aliphatic hydroxyl groups excluding tert-OH is 2. The number of hydrogen-bond donors (Lipinski definition) is 3. The number of carboxylic acids is 1.